The number of anilines is 2. The van der Waals surface area contributed by atoms with Crippen molar-refractivity contribution in [2.75, 3.05) is 43.6 Å². The molecule has 0 saturated carbocycles. The van der Waals surface area contributed by atoms with Crippen molar-refractivity contribution in [2.45, 2.75) is 32.6 Å². The highest BCUT2D eigenvalue weighted by atomic mass is 19.1. The molecule has 2 atom stereocenters. The first kappa shape index (κ1) is 22.0. The van der Waals surface area contributed by atoms with E-state index in [0.29, 0.717) is 44.2 Å². The van der Waals surface area contributed by atoms with Crippen LogP contribution in [-0.2, 0) is 16.0 Å². The van der Waals surface area contributed by atoms with Crippen LogP contribution in [0.2, 0.25) is 0 Å². The van der Waals surface area contributed by atoms with Gasteiger partial charge in [-0.3, -0.25) is 4.98 Å². The van der Waals surface area contributed by atoms with Gasteiger partial charge >= 0.3 is 6.03 Å². The third-order valence-electron chi connectivity index (χ3n) is 4.91. The van der Waals surface area contributed by atoms with Crippen molar-refractivity contribution < 1.29 is 18.7 Å². The number of nitrogens with zero attached hydrogens (tertiary/aromatic N) is 3. The summed E-state index contributed by atoms with van der Waals surface area (Å²) >= 11 is 0. The number of carbonyl (C=O) groups is 1. The maximum absolute atomic E-state index is 14.8. The summed E-state index contributed by atoms with van der Waals surface area (Å²) < 4.78 is 25.7. The molecule has 1 aromatic carbocycles. The molecule has 2 heterocycles. The van der Waals surface area contributed by atoms with Crippen molar-refractivity contribution in [3.8, 4) is 0 Å². The van der Waals surface area contributed by atoms with E-state index in [9.17, 15) is 9.18 Å². The number of aromatic nitrogens is 1. The van der Waals surface area contributed by atoms with E-state index in [0.717, 1.165) is 5.56 Å². The number of amides is 2. The molecule has 0 radical (unpaired) electrons. The Morgan fingerprint density at radius 2 is 2.10 bits per heavy atom. The fourth-order valence-corrected chi connectivity index (χ4v) is 3.58. The van der Waals surface area contributed by atoms with Crippen LogP contribution in [-0.4, -0.2) is 61.5 Å². The minimum atomic E-state index is -0.371. The number of hydrogen-bond donors (Lipinski definition) is 1. The first-order valence-electron chi connectivity index (χ1n) is 10.1. The van der Waals surface area contributed by atoms with Gasteiger partial charge in [0, 0.05) is 51.4 Å². The summed E-state index contributed by atoms with van der Waals surface area (Å²) in [6.07, 6.45) is 3.47. The van der Waals surface area contributed by atoms with Crippen molar-refractivity contribution in [1.82, 2.24) is 9.88 Å². The summed E-state index contributed by atoms with van der Waals surface area (Å²) in [5, 5.41) is 2.79. The Morgan fingerprint density at radius 3 is 2.73 bits per heavy atom. The zero-order valence-corrected chi connectivity index (χ0v) is 17.7. The van der Waals surface area contributed by atoms with Gasteiger partial charge in [0.1, 0.15) is 5.82 Å². The largest absolute Gasteiger partial charge is 0.383 e. The molecular weight excluding hydrogens is 387 g/mol. The number of urea groups is 1. The van der Waals surface area contributed by atoms with Crippen LogP contribution in [0.15, 0.2) is 42.7 Å². The maximum Gasteiger partial charge on any atom is 0.322 e. The Balaban J connectivity index is 1.68. The number of hydrogen-bond acceptors (Lipinski definition) is 5. The van der Waals surface area contributed by atoms with E-state index in [4.69, 9.17) is 9.47 Å². The number of nitrogens with one attached hydrogen (secondary N) is 1. The lowest BCUT2D eigenvalue weighted by Gasteiger charge is -2.37. The van der Waals surface area contributed by atoms with E-state index >= 15 is 0 Å². The van der Waals surface area contributed by atoms with Gasteiger partial charge in [0.25, 0.3) is 0 Å². The molecule has 3 rings (SSSR count). The lowest BCUT2D eigenvalue weighted by Crippen LogP contribution is -2.45. The summed E-state index contributed by atoms with van der Waals surface area (Å²) in [6, 6.07) is 8.19. The van der Waals surface area contributed by atoms with E-state index in [1.807, 2.05) is 30.9 Å². The number of methoxy groups -OCH3 is 1. The van der Waals surface area contributed by atoms with Gasteiger partial charge in [-0.2, -0.15) is 0 Å². The van der Waals surface area contributed by atoms with Gasteiger partial charge in [0.2, 0.25) is 0 Å². The van der Waals surface area contributed by atoms with Crippen LogP contribution in [0.5, 0.6) is 0 Å². The Morgan fingerprint density at radius 1 is 1.33 bits per heavy atom. The fourth-order valence-electron chi connectivity index (χ4n) is 3.58. The van der Waals surface area contributed by atoms with Crippen LogP contribution >= 0.6 is 0 Å². The predicted octanol–water partition coefficient (Wildman–Crippen LogP) is 3.51. The summed E-state index contributed by atoms with van der Waals surface area (Å²) in [6.45, 7) is 6.40. The van der Waals surface area contributed by atoms with Crippen LogP contribution in [0.4, 0.5) is 20.6 Å². The van der Waals surface area contributed by atoms with Crippen molar-refractivity contribution in [2.24, 2.45) is 0 Å². The van der Waals surface area contributed by atoms with E-state index in [2.05, 4.69) is 10.3 Å². The van der Waals surface area contributed by atoms with E-state index in [1.54, 1.807) is 36.5 Å². The van der Waals surface area contributed by atoms with Crippen LogP contribution in [0.3, 0.4) is 0 Å². The minimum absolute atomic E-state index is 0.0364. The molecule has 1 N–H and O–H groups in total. The monoisotopic (exact) mass is 416 g/mol. The molecular formula is C22H29FN4O3. The van der Waals surface area contributed by atoms with Gasteiger partial charge < -0.3 is 24.6 Å². The van der Waals surface area contributed by atoms with Crippen molar-refractivity contribution >= 4 is 17.4 Å². The van der Waals surface area contributed by atoms with Gasteiger partial charge in [-0.25, -0.2) is 9.18 Å². The van der Waals surface area contributed by atoms with Crippen LogP contribution in [0.1, 0.15) is 19.4 Å². The first-order chi connectivity index (χ1) is 14.5. The third kappa shape index (κ3) is 5.90. The Hall–Kier alpha value is -2.71. The quantitative estimate of drug-likeness (QED) is 0.748. The first-order valence-corrected chi connectivity index (χ1v) is 10.1. The highest BCUT2D eigenvalue weighted by Crippen LogP contribution is 2.26. The van der Waals surface area contributed by atoms with Crippen molar-refractivity contribution in [3.63, 3.8) is 0 Å². The lowest BCUT2D eigenvalue weighted by atomic mass is 10.2. The van der Waals surface area contributed by atoms with Gasteiger partial charge in [-0.05, 0) is 43.7 Å². The van der Waals surface area contributed by atoms with Gasteiger partial charge in [0.15, 0.2) is 0 Å². The second kappa shape index (κ2) is 10.4. The lowest BCUT2D eigenvalue weighted by molar-refractivity contribution is -0.00539. The minimum Gasteiger partial charge on any atom is -0.383 e. The normalized spacial score (nSPS) is 18.9. The molecule has 0 bridgehead atoms. The van der Waals surface area contributed by atoms with Gasteiger partial charge in [0.05, 0.1) is 24.5 Å². The number of halogens is 1. The summed E-state index contributed by atoms with van der Waals surface area (Å²) in [5.74, 6) is -0.371. The standard InChI is InChI=1S/C22H29FN4O3/c1-16-13-27(14-17(2)30-16)21-7-6-19(11-20(21)23)25-22(28)26(9-10-29-3)15-18-5-4-8-24-12-18/h4-8,11-12,16-17H,9-10,13-15H2,1-3H3,(H,25,28). The molecule has 2 unspecified atom stereocenters. The van der Waals surface area contributed by atoms with Crippen molar-refractivity contribution in [1.29, 1.82) is 0 Å². The third-order valence-corrected chi connectivity index (χ3v) is 4.91. The van der Waals surface area contributed by atoms with E-state index in [1.165, 1.54) is 6.07 Å². The van der Waals surface area contributed by atoms with Gasteiger partial charge in [-0.15, -0.1) is 0 Å². The zero-order valence-electron chi connectivity index (χ0n) is 17.7. The molecule has 30 heavy (non-hydrogen) atoms. The Kier molecular flexibility index (Phi) is 7.59. The zero-order chi connectivity index (χ0) is 21.5. The highest BCUT2D eigenvalue weighted by Gasteiger charge is 2.24. The molecule has 1 aromatic heterocycles. The molecule has 7 nitrogen and oxygen atoms in total. The molecule has 1 saturated heterocycles. The molecule has 2 aromatic rings. The molecule has 162 valence electrons. The number of pyridine rings is 1. The van der Waals surface area contributed by atoms with Gasteiger partial charge in [-0.1, -0.05) is 6.07 Å². The topological polar surface area (TPSA) is 66.9 Å². The number of carbonyl (C=O) groups excluding carboxylic acids is 1. The Bertz CT molecular complexity index is 826. The number of ether oxygens (including phenoxy) is 2. The molecule has 0 spiro atoms. The average molecular weight is 416 g/mol. The second-order valence-electron chi connectivity index (χ2n) is 7.53. The average Bonchev–Trinajstić information content (AvgIpc) is 2.71. The summed E-state index contributed by atoms with van der Waals surface area (Å²) in [5.41, 5.74) is 1.83. The van der Waals surface area contributed by atoms with Crippen LogP contribution in [0, 0.1) is 5.82 Å². The number of rotatable bonds is 7. The Labute approximate surface area is 176 Å². The predicted molar refractivity (Wildman–Crippen MR) is 114 cm³/mol. The van der Waals surface area contributed by atoms with E-state index in [-0.39, 0.29) is 24.1 Å². The molecule has 2 amide bonds. The summed E-state index contributed by atoms with van der Waals surface area (Å²) in [7, 11) is 1.58. The van der Waals surface area contributed by atoms with Crippen LogP contribution in [0.25, 0.3) is 0 Å². The molecule has 1 aliphatic heterocycles. The molecule has 0 aliphatic carbocycles. The fraction of sp³-hybridized carbons (Fsp3) is 0.455. The van der Waals surface area contributed by atoms with E-state index < -0.39 is 0 Å². The molecule has 8 heteroatoms. The smallest absolute Gasteiger partial charge is 0.322 e. The summed E-state index contributed by atoms with van der Waals surface area (Å²) in [4.78, 5) is 20.5. The highest BCUT2D eigenvalue weighted by molar-refractivity contribution is 5.89. The SMILES string of the molecule is COCCN(Cc1cccnc1)C(=O)Nc1ccc(N2CC(C)OC(C)C2)c(F)c1. The molecule has 1 fully saturated rings. The maximum atomic E-state index is 14.8. The number of morpholine rings is 1. The number of benzene rings is 1. The van der Waals surface area contributed by atoms with Crippen molar-refractivity contribution in [3.05, 3.63) is 54.1 Å². The van der Waals surface area contributed by atoms with Crippen LogP contribution < -0.4 is 10.2 Å². The molecule has 1 aliphatic rings. The second-order valence-corrected chi connectivity index (χ2v) is 7.53.